The molecule has 14 nitrogen and oxygen atoms in total. The second-order valence-electron chi connectivity index (χ2n) is 12.5. The lowest BCUT2D eigenvalue weighted by molar-refractivity contribution is -0.304. The van der Waals surface area contributed by atoms with E-state index >= 15 is 0 Å². The Labute approximate surface area is 257 Å². The maximum atomic E-state index is 13.8. The fourth-order valence-electron chi connectivity index (χ4n) is 6.17. The van der Waals surface area contributed by atoms with Gasteiger partial charge < -0.3 is 38.3 Å². The molecule has 1 saturated carbocycles. The molecule has 0 bridgehead atoms. The topological polar surface area (TPSA) is 187 Å². The van der Waals surface area contributed by atoms with E-state index in [0.29, 0.717) is 12.8 Å². The second-order valence-corrected chi connectivity index (χ2v) is 12.5. The van der Waals surface area contributed by atoms with E-state index in [0.717, 1.165) is 41.7 Å². The standard InChI is InChI=1S/C30H46O14/c1-16(31)39-15-23(41-18(3)33)25(43-20(5)35)26-24(42-19(4)34)22(40-17(2)32)14-30(44-26,27(36)38-9)29(37)12-10-21(11-13-29)28(6,7)8/h21-26,37H,10-15H2,1-9H3/t21?,22-,23+,24+,25+,26+,29?,30+/m0/s1. The molecule has 1 aliphatic carbocycles. The molecule has 2 rings (SSSR count). The molecule has 2 aliphatic rings. The average molecular weight is 631 g/mol. The number of esters is 6. The maximum Gasteiger partial charge on any atom is 0.341 e. The van der Waals surface area contributed by atoms with Crippen LogP contribution in [0.4, 0.5) is 0 Å². The number of carbonyl (C=O) groups is 6. The summed E-state index contributed by atoms with van der Waals surface area (Å²) in [5.41, 5.74) is -4.20. The Morgan fingerprint density at radius 3 is 1.82 bits per heavy atom. The van der Waals surface area contributed by atoms with Crippen molar-refractivity contribution < 1.29 is 67.0 Å². The summed E-state index contributed by atoms with van der Waals surface area (Å²) in [4.78, 5) is 74.6. The highest BCUT2D eigenvalue weighted by atomic mass is 16.7. The van der Waals surface area contributed by atoms with Crippen molar-refractivity contribution in [3.63, 3.8) is 0 Å². The summed E-state index contributed by atoms with van der Waals surface area (Å²) in [6.45, 7) is 11.0. The van der Waals surface area contributed by atoms with Gasteiger partial charge in [0.25, 0.3) is 0 Å². The number of hydrogen-bond acceptors (Lipinski definition) is 14. The Hall–Kier alpha value is -3.26. The molecule has 1 N–H and O–H groups in total. The Kier molecular flexibility index (Phi) is 12.3. The van der Waals surface area contributed by atoms with Gasteiger partial charge in [0.1, 0.15) is 24.4 Å². The first kappa shape index (κ1) is 36.9. The van der Waals surface area contributed by atoms with E-state index in [2.05, 4.69) is 20.8 Å². The molecule has 6 atom stereocenters. The fraction of sp³-hybridized carbons (Fsp3) is 0.800. The summed E-state index contributed by atoms with van der Waals surface area (Å²) in [5, 5.41) is 12.3. The fourth-order valence-corrected chi connectivity index (χ4v) is 6.17. The predicted octanol–water partition coefficient (Wildman–Crippen LogP) is 1.94. The maximum absolute atomic E-state index is 13.8. The first-order chi connectivity index (χ1) is 20.3. The molecule has 0 aromatic rings. The molecule has 250 valence electrons. The smallest absolute Gasteiger partial charge is 0.341 e. The summed E-state index contributed by atoms with van der Waals surface area (Å²) in [5.74, 6) is -4.98. The number of hydrogen-bond donors (Lipinski definition) is 1. The molecule has 1 saturated heterocycles. The van der Waals surface area contributed by atoms with Gasteiger partial charge in [-0.1, -0.05) is 20.8 Å². The van der Waals surface area contributed by atoms with Crippen molar-refractivity contribution in [2.45, 2.75) is 129 Å². The first-order valence-corrected chi connectivity index (χ1v) is 14.6. The molecule has 0 aromatic carbocycles. The van der Waals surface area contributed by atoms with Gasteiger partial charge in [-0.3, -0.25) is 24.0 Å². The van der Waals surface area contributed by atoms with E-state index < -0.39 is 90.6 Å². The summed E-state index contributed by atoms with van der Waals surface area (Å²) in [7, 11) is 1.09. The van der Waals surface area contributed by atoms with E-state index in [4.69, 9.17) is 33.2 Å². The van der Waals surface area contributed by atoms with Crippen LogP contribution in [0.15, 0.2) is 0 Å². The van der Waals surface area contributed by atoms with Gasteiger partial charge in [-0.15, -0.1) is 0 Å². The molecular formula is C30H46O14. The monoisotopic (exact) mass is 630 g/mol. The Morgan fingerprint density at radius 1 is 0.841 bits per heavy atom. The van der Waals surface area contributed by atoms with Crippen molar-refractivity contribution in [1.82, 2.24) is 0 Å². The quantitative estimate of drug-likeness (QED) is 0.272. The van der Waals surface area contributed by atoms with E-state index in [1.54, 1.807) is 0 Å². The lowest BCUT2D eigenvalue weighted by atomic mass is 9.62. The van der Waals surface area contributed by atoms with Crippen LogP contribution in [-0.4, -0.2) is 96.4 Å². The highest BCUT2D eigenvalue weighted by Gasteiger charge is 2.67. The number of ether oxygens (including phenoxy) is 7. The second kappa shape index (κ2) is 14.7. The van der Waals surface area contributed by atoms with Crippen LogP contribution < -0.4 is 0 Å². The predicted molar refractivity (Wildman–Crippen MR) is 149 cm³/mol. The molecule has 2 fully saturated rings. The van der Waals surface area contributed by atoms with Crippen LogP contribution in [0.25, 0.3) is 0 Å². The van der Waals surface area contributed by atoms with E-state index in [9.17, 15) is 33.9 Å². The molecule has 0 spiro atoms. The Morgan fingerprint density at radius 2 is 1.39 bits per heavy atom. The highest BCUT2D eigenvalue weighted by Crippen LogP contribution is 2.51. The molecular weight excluding hydrogens is 584 g/mol. The van der Waals surface area contributed by atoms with Crippen molar-refractivity contribution in [1.29, 1.82) is 0 Å². The Balaban J connectivity index is 2.81. The lowest BCUT2D eigenvalue weighted by Crippen LogP contribution is -2.72. The van der Waals surface area contributed by atoms with Crippen LogP contribution in [0.3, 0.4) is 0 Å². The molecule has 1 heterocycles. The number of aliphatic hydroxyl groups is 1. The van der Waals surface area contributed by atoms with Gasteiger partial charge in [0.2, 0.25) is 0 Å². The van der Waals surface area contributed by atoms with Crippen LogP contribution in [0.5, 0.6) is 0 Å². The third-order valence-corrected chi connectivity index (χ3v) is 8.20. The van der Waals surface area contributed by atoms with Gasteiger partial charge in [0, 0.05) is 41.0 Å². The minimum Gasteiger partial charge on any atom is -0.467 e. The first-order valence-electron chi connectivity index (χ1n) is 14.6. The number of rotatable bonds is 10. The SMILES string of the molecule is COC(=O)[C@@]1(C2(O)CCC(C(C)(C)C)CC2)C[C@H](OC(C)=O)[C@@H](OC(C)=O)[C@H]([C@H](OC(C)=O)[C@@H](COC(C)=O)OC(C)=O)O1. The van der Waals surface area contributed by atoms with Gasteiger partial charge in [-0.05, 0) is 37.0 Å². The minimum atomic E-state index is -2.23. The molecule has 0 unspecified atom stereocenters. The van der Waals surface area contributed by atoms with Crippen molar-refractivity contribution in [3.8, 4) is 0 Å². The molecule has 0 amide bonds. The zero-order valence-corrected chi connectivity index (χ0v) is 27.0. The molecule has 14 heteroatoms. The molecule has 44 heavy (non-hydrogen) atoms. The van der Waals surface area contributed by atoms with Crippen LogP contribution >= 0.6 is 0 Å². The number of methoxy groups -OCH3 is 1. The zero-order chi connectivity index (χ0) is 33.6. The molecule has 1 aliphatic heterocycles. The third-order valence-electron chi connectivity index (χ3n) is 8.20. The van der Waals surface area contributed by atoms with E-state index in [1.807, 2.05) is 0 Å². The number of carbonyl (C=O) groups excluding carboxylic acids is 6. The van der Waals surface area contributed by atoms with Crippen molar-refractivity contribution in [2.24, 2.45) is 11.3 Å². The van der Waals surface area contributed by atoms with E-state index in [1.165, 1.54) is 0 Å². The third kappa shape index (κ3) is 8.90. The lowest BCUT2D eigenvalue weighted by Gasteiger charge is -2.55. The van der Waals surface area contributed by atoms with Gasteiger partial charge in [-0.2, -0.15) is 0 Å². The van der Waals surface area contributed by atoms with Crippen LogP contribution in [0.2, 0.25) is 0 Å². The van der Waals surface area contributed by atoms with Gasteiger partial charge >= 0.3 is 35.8 Å². The van der Waals surface area contributed by atoms with Crippen LogP contribution in [-0.2, 0) is 61.9 Å². The van der Waals surface area contributed by atoms with Crippen molar-refractivity contribution in [2.75, 3.05) is 13.7 Å². The molecule has 0 radical (unpaired) electrons. The van der Waals surface area contributed by atoms with Gasteiger partial charge in [-0.25, -0.2) is 4.79 Å². The van der Waals surface area contributed by atoms with Crippen LogP contribution in [0, 0.1) is 11.3 Å². The summed E-state index contributed by atoms with van der Waals surface area (Å²) >= 11 is 0. The van der Waals surface area contributed by atoms with Crippen molar-refractivity contribution in [3.05, 3.63) is 0 Å². The highest BCUT2D eigenvalue weighted by molar-refractivity contribution is 5.82. The van der Waals surface area contributed by atoms with Crippen LogP contribution in [0.1, 0.15) is 87.5 Å². The van der Waals surface area contributed by atoms with Gasteiger partial charge in [0.05, 0.1) is 7.11 Å². The largest absolute Gasteiger partial charge is 0.467 e. The van der Waals surface area contributed by atoms with Crippen molar-refractivity contribution >= 4 is 35.8 Å². The molecule has 0 aromatic heterocycles. The summed E-state index contributed by atoms with van der Waals surface area (Å²) in [6.07, 6.45) is -7.21. The van der Waals surface area contributed by atoms with Gasteiger partial charge in [0.15, 0.2) is 23.9 Å². The summed E-state index contributed by atoms with van der Waals surface area (Å²) in [6, 6.07) is 0. The minimum absolute atomic E-state index is 0.0842. The normalized spacial score (nSPS) is 30.1. The Bertz CT molecular complexity index is 1090. The van der Waals surface area contributed by atoms with E-state index in [-0.39, 0.29) is 24.2 Å². The average Bonchev–Trinajstić information content (AvgIpc) is 2.89. The zero-order valence-electron chi connectivity index (χ0n) is 27.0. The summed E-state index contributed by atoms with van der Waals surface area (Å²) < 4.78 is 38.7.